The van der Waals surface area contributed by atoms with E-state index in [9.17, 15) is 4.79 Å². The van der Waals surface area contributed by atoms with Gasteiger partial charge in [-0.05, 0) is 25.0 Å². The molecule has 19 heavy (non-hydrogen) atoms. The van der Waals surface area contributed by atoms with E-state index in [-0.39, 0.29) is 11.5 Å². The van der Waals surface area contributed by atoms with Crippen LogP contribution in [0.1, 0.15) is 32.4 Å². The van der Waals surface area contributed by atoms with E-state index in [0.717, 1.165) is 5.69 Å². The molecule has 0 saturated carbocycles. The average Bonchev–Trinajstić information content (AvgIpc) is 2.63. The van der Waals surface area contributed by atoms with Crippen LogP contribution in [0.15, 0.2) is 29.1 Å². The second kappa shape index (κ2) is 5.13. The molecule has 2 N–H and O–H groups in total. The van der Waals surface area contributed by atoms with Crippen LogP contribution in [0.2, 0.25) is 5.02 Å². The molecule has 1 aromatic heterocycles. The predicted molar refractivity (Wildman–Crippen MR) is 79.2 cm³/mol. The van der Waals surface area contributed by atoms with Gasteiger partial charge in [-0.1, -0.05) is 37.6 Å². The Morgan fingerprint density at radius 2 is 1.95 bits per heavy atom. The summed E-state index contributed by atoms with van der Waals surface area (Å²) in [5.41, 5.74) is 7.58. The maximum atomic E-state index is 12.4. The quantitative estimate of drug-likeness (QED) is 0.939. The molecule has 0 aliphatic carbocycles. The Bertz CT molecular complexity index is 655. The van der Waals surface area contributed by atoms with E-state index in [1.807, 2.05) is 43.7 Å². The number of benzene rings is 1. The van der Waals surface area contributed by atoms with Crippen molar-refractivity contribution < 1.29 is 0 Å². The van der Waals surface area contributed by atoms with Gasteiger partial charge < -0.3 is 5.73 Å². The summed E-state index contributed by atoms with van der Waals surface area (Å²) in [6.07, 6.45) is 0. The first-order valence-electron chi connectivity index (χ1n) is 6.35. The largest absolute Gasteiger partial charge is 0.393 e. The fourth-order valence-electron chi connectivity index (χ4n) is 2.36. The standard InChI is InChI=1S/C14H18ClN3O/c1-4-17-13(9(2)3)12(16)14(19)18(17)11-8-6-5-7-10(11)15/h5-9H,4,16H2,1-3H3. The molecule has 0 unspecified atom stereocenters. The van der Waals surface area contributed by atoms with Crippen molar-refractivity contribution in [2.24, 2.45) is 0 Å². The molecule has 0 radical (unpaired) electrons. The Hall–Kier alpha value is -1.68. The van der Waals surface area contributed by atoms with Crippen molar-refractivity contribution in [2.45, 2.75) is 33.2 Å². The summed E-state index contributed by atoms with van der Waals surface area (Å²) in [6.45, 7) is 6.69. The number of nitrogen functional groups attached to an aromatic ring is 1. The van der Waals surface area contributed by atoms with Crippen molar-refractivity contribution in [3.05, 3.63) is 45.3 Å². The van der Waals surface area contributed by atoms with Crippen LogP contribution in [0, 0.1) is 0 Å². The highest BCUT2D eigenvalue weighted by atomic mass is 35.5. The molecule has 1 heterocycles. The van der Waals surface area contributed by atoms with E-state index in [1.54, 1.807) is 10.7 Å². The minimum absolute atomic E-state index is 0.177. The van der Waals surface area contributed by atoms with Crippen molar-refractivity contribution in [1.82, 2.24) is 9.36 Å². The van der Waals surface area contributed by atoms with Crippen molar-refractivity contribution in [3.8, 4) is 5.69 Å². The topological polar surface area (TPSA) is 52.9 Å². The van der Waals surface area contributed by atoms with Gasteiger partial charge in [0.25, 0.3) is 5.56 Å². The predicted octanol–water partition coefficient (Wildman–Crippen LogP) is 3.02. The summed E-state index contributed by atoms with van der Waals surface area (Å²) >= 11 is 6.19. The molecular weight excluding hydrogens is 262 g/mol. The zero-order valence-corrected chi connectivity index (χ0v) is 12.1. The highest BCUT2D eigenvalue weighted by molar-refractivity contribution is 6.32. The fourth-order valence-corrected chi connectivity index (χ4v) is 2.58. The molecule has 0 aliphatic heterocycles. The van der Waals surface area contributed by atoms with Gasteiger partial charge in [-0.25, -0.2) is 4.68 Å². The van der Waals surface area contributed by atoms with Gasteiger partial charge in [0.1, 0.15) is 5.69 Å². The molecule has 0 aliphatic rings. The van der Waals surface area contributed by atoms with Crippen LogP contribution in [0.5, 0.6) is 0 Å². The smallest absolute Gasteiger partial charge is 0.294 e. The van der Waals surface area contributed by atoms with Crippen molar-refractivity contribution in [3.63, 3.8) is 0 Å². The number of para-hydroxylation sites is 1. The minimum atomic E-state index is -0.210. The number of halogens is 1. The van der Waals surface area contributed by atoms with Crippen molar-refractivity contribution in [1.29, 1.82) is 0 Å². The Labute approximate surface area is 117 Å². The van der Waals surface area contributed by atoms with Crippen molar-refractivity contribution in [2.75, 3.05) is 5.73 Å². The molecule has 0 fully saturated rings. The summed E-state index contributed by atoms with van der Waals surface area (Å²) < 4.78 is 3.45. The van der Waals surface area contributed by atoms with Gasteiger partial charge in [0, 0.05) is 6.54 Å². The Balaban J connectivity index is 2.82. The molecule has 4 nitrogen and oxygen atoms in total. The monoisotopic (exact) mass is 279 g/mol. The summed E-state index contributed by atoms with van der Waals surface area (Å²) in [6, 6.07) is 7.27. The van der Waals surface area contributed by atoms with Gasteiger partial charge in [0.2, 0.25) is 0 Å². The molecule has 2 rings (SSSR count). The molecule has 0 atom stereocenters. The summed E-state index contributed by atoms with van der Waals surface area (Å²) in [7, 11) is 0. The van der Waals surface area contributed by atoms with Gasteiger partial charge in [-0.2, -0.15) is 0 Å². The van der Waals surface area contributed by atoms with Crippen LogP contribution in [0.4, 0.5) is 5.69 Å². The molecular formula is C14H18ClN3O. The Morgan fingerprint density at radius 3 is 2.47 bits per heavy atom. The number of nitrogens with zero attached hydrogens (tertiary/aromatic N) is 2. The molecule has 1 aromatic carbocycles. The van der Waals surface area contributed by atoms with Gasteiger partial charge in [0.15, 0.2) is 0 Å². The number of nitrogens with two attached hydrogens (primary N) is 1. The van der Waals surface area contributed by atoms with Crippen LogP contribution < -0.4 is 11.3 Å². The highest BCUT2D eigenvalue weighted by Crippen LogP contribution is 2.24. The van der Waals surface area contributed by atoms with E-state index in [1.165, 1.54) is 0 Å². The molecule has 0 amide bonds. The zero-order valence-electron chi connectivity index (χ0n) is 11.4. The lowest BCUT2D eigenvalue weighted by Gasteiger charge is -2.15. The first-order chi connectivity index (χ1) is 8.99. The van der Waals surface area contributed by atoms with E-state index in [4.69, 9.17) is 17.3 Å². The highest BCUT2D eigenvalue weighted by Gasteiger charge is 2.21. The lowest BCUT2D eigenvalue weighted by atomic mass is 10.1. The molecule has 102 valence electrons. The third kappa shape index (κ3) is 2.16. The van der Waals surface area contributed by atoms with E-state index in [0.29, 0.717) is 22.9 Å². The second-order valence-corrected chi connectivity index (χ2v) is 5.14. The van der Waals surface area contributed by atoms with Gasteiger partial charge in [0.05, 0.1) is 16.4 Å². The summed E-state index contributed by atoms with van der Waals surface area (Å²) in [5.74, 6) is 0.177. The summed E-state index contributed by atoms with van der Waals surface area (Å²) in [4.78, 5) is 12.4. The van der Waals surface area contributed by atoms with Crippen molar-refractivity contribution >= 4 is 17.3 Å². The first-order valence-corrected chi connectivity index (χ1v) is 6.72. The van der Waals surface area contributed by atoms with Crippen LogP contribution in [0.25, 0.3) is 5.69 Å². The number of hydrogen-bond donors (Lipinski definition) is 1. The van der Waals surface area contributed by atoms with Crippen LogP contribution in [-0.2, 0) is 6.54 Å². The molecule has 5 heteroatoms. The Kier molecular flexibility index (Phi) is 3.71. The zero-order chi connectivity index (χ0) is 14.2. The molecule has 0 saturated heterocycles. The van der Waals surface area contributed by atoms with E-state index in [2.05, 4.69) is 0 Å². The number of anilines is 1. The SMILES string of the molecule is CCn1c(C(C)C)c(N)c(=O)n1-c1ccccc1Cl. The third-order valence-corrected chi connectivity index (χ3v) is 3.46. The lowest BCUT2D eigenvalue weighted by Crippen LogP contribution is -2.22. The molecule has 0 bridgehead atoms. The van der Waals surface area contributed by atoms with Crippen LogP contribution >= 0.6 is 11.6 Å². The third-order valence-electron chi connectivity index (χ3n) is 3.15. The van der Waals surface area contributed by atoms with E-state index < -0.39 is 0 Å². The molecule has 0 spiro atoms. The van der Waals surface area contributed by atoms with Gasteiger partial charge >= 0.3 is 0 Å². The van der Waals surface area contributed by atoms with Crippen LogP contribution in [0.3, 0.4) is 0 Å². The van der Waals surface area contributed by atoms with Crippen LogP contribution in [-0.4, -0.2) is 9.36 Å². The average molecular weight is 280 g/mol. The fraction of sp³-hybridized carbons (Fsp3) is 0.357. The summed E-state index contributed by atoms with van der Waals surface area (Å²) in [5, 5.41) is 0.534. The van der Waals surface area contributed by atoms with Gasteiger partial charge in [-0.3, -0.25) is 9.48 Å². The number of hydrogen-bond acceptors (Lipinski definition) is 2. The number of aromatic nitrogens is 2. The second-order valence-electron chi connectivity index (χ2n) is 4.74. The molecule has 2 aromatic rings. The lowest BCUT2D eigenvalue weighted by molar-refractivity contribution is 0.534. The first kappa shape index (κ1) is 13.7. The minimum Gasteiger partial charge on any atom is -0.393 e. The van der Waals surface area contributed by atoms with E-state index >= 15 is 0 Å². The maximum Gasteiger partial charge on any atom is 0.294 e. The normalized spacial score (nSPS) is 11.2. The maximum absolute atomic E-state index is 12.4. The van der Waals surface area contributed by atoms with Gasteiger partial charge in [-0.15, -0.1) is 0 Å². The number of rotatable bonds is 3. The Morgan fingerprint density at radius 1 is 1.32 bits per heavy atom.